The van der Waals surface area contributed by atoms with E-state index in [-0.39, 0.29) is 5.75 Å². The molecule has 0 saturated heterocycles. The molecule has 0 bridgehead atoms. The number of alkyl halides is 2. The SMILES string of the molecule is NC(c1cccc(OC(F)F)c1)c1cnccn1. The quantitative estimate of drug-likeness (QED) is 0.904. The monoisotopic (exact) mass is 251 g/mol. The molecular weight excluding hydrogens is 240 g/mol. The summed E-state index contributed by atoms with van der Waals surface area (Å²) in [7, 11) is 0. The van der Waals surface area contributed by atoms with Crippen LogP contribution in [0.5, 0.6) is 5.75 Å². The lowest BCUT2D eigenvalue weighted by Gasteiger charge is -2.12. The van der Waals surface area contributed by atoms with Gasteiger partial charge in [-0.25, -0.2) is 0 Å². The van der Waals surface area contributed by atoms with E-state index in [1.54, 1.807) is 12.1 Å². The summed E-state index contributed by atoms with van der Waals surface area (Å²) in [4.78, 5) is 7.98. The van der Waals surface area contributed by atoms with Gasteiger partial charge in [0, 0.05) is 12.4 Å². The van der Waals surface area contributed by atoms with Gasteiger partial charge < -0.3 is 10.5 Å². The third-order valence-electron chi connectivity index (χ3n) is 2.34. The number of hydrogen-bond acceptors (Lipinski definition) is 4. The third-order valence-corrected chi connectivity index (χ3v) is 2.34. The summed E-state index contributed by atoms with van der Waals surface area (Å²) in [5.74, 6) is 0.0711. The van der Waals surface area contributed by atoms with Crippen molar-refractivity contribution in [2.24, 2.45) is 5.73 Å². The molecule has 0 saturated carbocycles. The fourth-order valence-corrected chi connectivity index (χ4v) is 1.53. The third kappa shape index (κ3) is 2.98. The molecule has 0 spiro atoms. The molecule has 2 aromatic rings. The molecule has 0 aliphatic rings. The van der Waals surface area contributed by atoms with Crippen molar-refractivity contribution in [3.8, 4) is 5.75 Å². The van der Waals surface area contributed by atoms with E-state index < -0.39 is 12.7 Å². The van der Waals surface area contributed by atoms with E-state index in [1.165, 1.54) is 30.7 Å². The number of aromatic nitrogens is 2. The first-order chi connectivity index (χ1) is 8.66. The highest BCUT2D eigenvalue weighted by Crippen LogP contribution is 2.22. The van der Waals surface area contributed by atoms with Crippen molar-refractivity contribution in [3.63, 3.8) is 0 Å². The first-order valence-corrected chi connectivity index (χ1v) is 5.23. The maximum atomic E-state index is 12.1. The van der Waals surface area contributed by atoms with Gasteiger partial charge in [-0.1, -0.05) is 12.1 Å². The van der Waals surface area contributed by atoms with Crippen molar-refractivity contribution >= 4 is 0 Å². The van der Waals surface area contributed by atoms with Gasteiger partial charge in [0.2, 0.25) is 0 Å². The topological polar surface area (TPSA) is 61.0 Å². The molecule has 6 heteroatoms. The van der Waals surface area contributed by atoms with Gasteiger partial charge in [-0.2, -0.15) is 8.78 Å². The predicted molar refractivity (Wildman–Crippen MR) is 61.1 cm³/mol. The van der Waals surface area contributed by atoms with Gasteiger partial charge in [-0.3, -0.25) is 9.97 Å². The average Bonchev–Trinajstić information content (AvgIpc) is 2.38. The van der Waals surface area contributed by atoms with Crippen molar-refractivity contribution in [3.05, 3.63) is 54.1 Å². The summed E-state index contributed by atoms with van der Waals surface area (Å²) >= 11 is 0. The molecule has 0 radical (unpaired) electrons. The molecule has 1 aromatic carbocycles. The van der Waals surface area contributed by atoms with Gasteiger partial charge in [0.15, 0.2) is 0 Å². The molecule has 0 fully saturated rings. The molecule has 0 aliphatic heterocycles. The van der Waals surface area contributed by atoms with Crippen LogP contribution in [0.4, 0.5) is 8.78 Å². The molecule has 2 N–H and O–H groups in total. The van der Waals surface area contributed by atoms with Crippen LogP contribution in [-0.4, -0.2) is 16.6 Å². The average molecular weight is 251 g/mol. The van der Waals surface area contributed by atoms with Gasteiger partial charge in [0.05, 0.1) is 17.9 Å². The Morgan fingerprint density at radius 2 is 2.06 bits per heavy atom. The summed E-state index contributed by atoms with van der Waals surface area (Å²) in [5, 5.41) is 0. The molecule has 1 aromatic heterocycles. The Morgan fingerprint density at radius 3 is 2.72 bits per heavy atom. The van der Waals surface area contributed by atoms with Crippen LogP contribution in [-0.2, 0) is 0 Å². The van der Waals surface area contributed by atoms with Crippen LogP contribution < -0.4 is 10.5 Å². The maximum absolute atomic E-state index is 12.1. The fourth-order valence-electron chi connectivity index (χ4n) is 1.53. The van der Waals surface area contributed by atoms with Crippen molar-refractivity contribution in [2.45, 2.75) is 12.7 Å². The molecule has 1 unspecified atom stereocenters. The summed E-state index contributed by atoms with van der Waals surface area (Å²) in [6.07, 6.45) is 4.59. The van der Waals surface area contributed by atoms with Crippen molar-refractivity contribution in [1.82, 2.24) is 9.97 Å². The minimum absolute atomic E-state index is 0.0711. The number of halogens is 2. The summed E-state index contributed by atoms with van der Waals surface area (Å²) in [5.41, 5.74) is 7.17. The number of ether oxygens (including phenoxy) is 1. The van der Waals surface area contributed by atoms with E-state index >= 15 is 0 Å². The Hall–Kier alpha value is -2.08. The van der Waals surface area contributed by atoms with E-state index in [4.69, 9.17) is 5.73 Å². The predicted octanol–water partition coefficient (Wildman–Crippen LogP) is 2.13. The number of nitrogens with two attached hydrogens (primary N) is 1. The van der Waals surface area contributed by atoms with Crippen LogP contribution in [0.2, 0.25) is 0 Å². The van der Waals surface area contributed by atoms with Gasteiger partial charge in [-0.15, -0.1) is 0 Å². The molecule has 0 aliphatic carbocycles. The zero-order valence-electron chi connectivity index (χ0n) is 9.33. The van der Waals surface area contributed by atoms with E-state index in [0.717, 1.165) is 0 Å². The maximum Gasteiger partial charge on any atom is 0.387 e. The fraction of sp³-hybridized carbons (Fsp3) is 0.167. The minimum Gasteiger partial charge on any atom is -0.435 e. The summed E-state index contributed by atoms with van der Waals surface area (Å²) in [6, 6.07) is 5.70. The smallest absolute Gasteiger partial charge is 0.387 e. The van der Waals surface area contributed by atoms with E-state index in [9.17, 15) is 8.78 Å². The highest BCUT2D eigenvalue weighted by molar-refractivity contribution is 5.33. The second kappa shape index (κ2) is 5.50. The molecule has 0 amide bonds. The Labute approximate surface area is 102 Å². The normalized spacial score (nSPS) is 12.4. The van der Waals surface area contributed by atoms with Crippen LogP contribution in [0.1, 0.15) is 17.3 Å². The van der Waals surface area contributed by atoms with E-state index in [0.29, 0.717) is 11.3 Å². The second-order valence-corrected chi connectivity index (χ2v) is 3.56. The standard InChI is InChI=1S/C12H11F2N3O/c13-12(14)18-9-3-1-2-8(6-9)11(15)10-7-16-4-5-17-10/h1-7,11-12H,15H2. The molecular formula is C12H11F2N3O. The zero-order chi connectivity index (χ0) is 13.0. The van der Waals surface area contributed by atoms with Gasteiger partial charge in [-0.05, 0) is 17.7 Å². The lowest BCUT2D eigenvalue weighted by Crippen LogP contribution is -2.14. The van der Waals surface area contributed by atoms with Gasteiger partial charge in [0.25, 0.3) is 0 Å². The Bertz CT molecular complexity index is 508. The van der Waals surface area contributed by atoms with Crippen molar-refractivity contribution in [1.29, 1.82) is 0 Å². The van der Waals surface area contributed by atoms with Gasteiger partial charge in [0.1, 0.15) is 5.75 Å². The molecule has 2 rings (SSSR count). The van der Waals surface area contributed by atoms with Crippen LogP contribution in [0.15, 0.2) is 42.9 Å². The van der Waals surface area contributed by atoms with Crippen molar-refractivity contribution < 1.29 is 13.5 Å². The zero-order valence-corrected chi connectivity index (χ0v) is 9.33. The van der Waals surface area contributed by atoms with E-state index in [1.807, 2.05) is 0 Å². The molecule has 18 heavy (non-hydrogen) atoms. The van der Waals surface area contributed by atoms with Crippen LogP contribution in [0.3, 0.4) is 0 Å². The van der Waals surface area contributed by atoms with Crippen LogP contribution in [0.25, 0.3) is 0 Å². The highest BCUT2D eigenvalue weighted by Gasteiger charge is 2.12. The number of benzene rings is 1. The Kier molecular flexibility index (Phi) is 3.78. The largest absolute Gasteiger partial charge is 0.435 e. The summed E-state index contributed by atoms with van der Waals surface area (Å²) in [6.45, 7) is -2.85. The molecule has 94 valence electrons. The lowest BCUT2D eigenvalue weighted by molar-refractivity contribution is -0.0498. The first-order valence-electron chi connectivity index (χ1n) is 5.23. The van der Waals surface area contributed by atoms with Crippen LogP contribution >= 0.6 is 0 Å². The molecule has 1 atom stereocenters. The molecule has 4 nitrogen and oxygen atoms in total. The lowest BCUT2D eigenvalue weighted by atomic mass is 10.0. The molecule has 1 heterocycles. The number of nitrogens with zero attached hydrogens (tertiary/aromatic N) is 2. The van der Waals surface area contributed by atoms with Crippen LogP contribution in [0, 0.1) is 0 Å². The minimum atomic E-state index is -2.85. The van der Waals surface area contributed by atoms with Gasteiger partial charge >= 0.3 is 6.61 Å². The van der Waals surface area contributed by atoms with E-state index in [2.05, 4.69) is 14.7 Å². The van der Waals surface area contributed by atoms with Crippen molar-refractivity contribution in [2.75, 3.05) is 0 Å². The number of hydrogen-bond donors (Lipinski definition) is 1. The first kappa shape index (κ1) is 12.4. The summed E-state index contributed by atoms with van der Waals surface area (Å²) < 4.78 is 28.5. The highest BCUT2D eigenvalue weighted by atomic mass is 19.3. The number of rotatable bonds is 4. The Morgan fingerprint density at radius 1 is 1.22 bits per heavy atom. The Balaban J connectivity index is 2.23. The second-order valence-electron chi connectivity index (χ2n) is 3.56.